The van der Waals surface area contributed by atoms with E-state index >= 15 is 0 Å². The van der Waals surface area contributed by atoms with E-state index < -0.39 is 0 Å². The topological polar surface area (TPSA) is 27.6 Å². The lowest BCUT2D eigenvalue weighted by molar-refractivity contribution is 0.119. The molecule has 0 aromatic carbocycles. The second kappa shape index (κ2) is 4.51. The molecule has 0 aromatic rings. The van der Waals surface area contributed by atoms with Gasteiger partial charge in [-0.3, -0.25) is 4.99 Å². The summed E-state index contributed by atoms with van der Waals surface area (Å²) in [6.45, 7) is 10.3. The normalized spacial score (nSPS) is 26.8. The van der Waals surface area contributed by atoms with Gasteiger partial charge in [-0.05, 0) is 36.5 Å². The number of guanidine groups is 1. The van der Waals surface area contributed by atoms with Crippen molar-refractivity contribution >= 4 is 5.96 Å². The zero-order valence-electron chi connectivity index (χ0n) is 11.8. The molecule has 2 rings (SSSR count). The molecule has 17 heavy (non-hydrogen) atoms. The molecule has 0 spiro atoms. The lowest BCUT2D eigenvalue weighted by Gasteiger charge is -2.41. The van der Waals surface area contributed by atoms with Crippen LogP contribution in [0.3, 0.4) is 0 Å². The first-order valence-corrected chi connectivity index (χ1v) is 6.90. The fraction of sp³-hybridized carbons (Fsp3) is 0.929. The Morgan fingerprint density at radius 2 is 1.82 bits per heavy atom. The summed E-state index contributed by atoms with van der Waals surface area (Å²) in [5.74, 6) is 1.09. The van der Waals surface area contributed by atoms with Gasteiger partial charge in [0.25, 0.3) is 0 Å². The smallest absolute Gasteiger partial charge is 0.193 e. The standard InChI is InChI=1S/C14H27N3/c1-13(2)5-7-14(3,8-6-13)11-16-12-15-9-10-17(12)4/h5-11H2,1-4H3,(H,15,16). The van der Waals surface area contributed by atoms with Crippen LogP contribution in [-0.2, 0) is 0 Å². The van der Waals surface area contributed by atoms with Crippen LogP contribution in [0.15, 0.2) is 4.99 Å². The lowest BCUT2D eigenvalue weighted by Crippen LogP contribution is -2.43. The fourth-order valence-corrected chi connectivity index (χ4v) is 2.72. The Kier molecular flexibility index (Phi) is 3.37. The number of rotatable bonds is 2. The molecule has 3 heteroatoms. The molecule has 1 aliphatic carbocycles. The summed E-state index contributed by atoms with van der Waals surface area (Å²) in [7, 11) is 2.12. The van der Waals surface area contributed by atoms with Gasteiger partial charge in [0, 0.05) is 20.1 Å². The van der Waals surface area contributed by atoms with E-state index in [9.17, 15) is 0 Å². The summed E-state index contributed by atoms with van der Waals surface area (Å²) in [5.41, 5.74) is 1.02. The molecule has 1 saturated carbocycles. The van der Waals surface area contributed by atoms with Gasteiger partial charge in [-0.2, -0.15) is 0 Å². The van der Waals surface area contributed by atoms with Crippen molar-refractivity contribution in [1.82, 2.24) is 10.2 Å². The first kappa shape index (κ1) is 12.7. The molecule has 3 nitrogen and oxygen atoms in total. The van der Waals surface area contributed by atoms with Gasteiger partial charge in [0.15, 0.2) is 5.96 Å². The zero-order valence-corrected chi connectivity index (χ0v) is 11.8. The van der Waals surface area contributed by atoms with Crippen molar-refractivity contribution in [2.75, 3.05) is 26.7 Å². The number of nitrogens with zero attached hydrogens (tertiary/aromatic N) is 2. The maximum absolute atomic E-state index is 4.49. The predicted molar refractivity (Wildman–Crippen MR) is 73.3 cm³/mol. The van der Waals surface area contributed by atoms with Gasteiger partial charge in [-0.25, -0.2) is 0 Å². The van der Waals surface area contributed by atoms with E-state index in [1.807, 2.05) is 0 Å². The molecule has 0 amide bonds. The highest BCUT2D eigenvalue weighted by Crippen LogP contribution is 2.44. The monoisotopic (exact) mass is 237 g/mol. The molecule has 0 saturated heterocycles. The molecule has 0 atom stereocenters. The third kappa shape index (κ3) is 3.14. The van der Waals surface area contributed by atoms with E-state index in [4.69, 9.17) is 0 Å². The van der Waals surface area contributed by atoms with E-state index in [1.54, 1.807) is 0 Å². The Labute approximate surface area is 106 Å². The van der Waals surface area contributed by atoms with Crippen LogP contribution in [0.4, 0.5) is 0 Å². The van der Waals surface area contributed by atoms with E-state index in [0.29, 0.717) is 10.8 Å². The maximum atomic E-state index is 4.49. The molecule has 2 aliphatic rings. The Hall–Kier alpha value is -0.730. The minimum Gasteiger partial charge on any atom is -0.356 e. The molecule has 0 aromatic heterocycles. The molecule has 0 bridgehead atoms. The fourth-order valence-electron chi connectivity index (χ4n) is 2.72. The largest absolute Gasteiger partial charge is 0.356 e. The van der Waals surface area contributed by atoms with Gasteiger partial charge in [0.2, 0.25) is 0 Å². The van der Waals surface area contributed by atoms with E-state index in [0.717, 1.165) is 25.6 Å². The molecular formula is C14H27N3. The third-order valence-electron chi connectivity index (χ3n) is 4.54. The average molecular weight is 237 g/mol. The van der Waals surface area contributed by atoms with Crippen LogP contribution in [-0.4, -0.2) is 37.5 Å². The van der Waals surface area contributed by atoms with Crippen molar-refractivity contribution in [3.63, 3.8) is 0 Å². The number of hydrogen-bond donors (Lipinski definition) is 1. The van der Waals surface area contributed by atoms with Crippen molar-refractivity contribution < 1.29 is 0 Å². The summed E-state index contributed by atoms with van der Waals surface area (Å²) < 4.78 is 0. The Morgan fingerprint density at radius 3 is 2.35 bits per heavy atom. The molecule has 1 heterocycles. The second-order valence-corrected chi connectivity index (χ2v) is 6.96. The van der Waals surface area contributed by atoms with Crippen molar-refractivity contribution in [2.45, 2.75) is 46.5 Å². The molecule has 1 aliphatic heterocycles. The van der Waals surface area contributed by atoms with Crippen LogP contribution in [0.25, 0.3) is 0 Å². The van der Waals surface area contributed by atoms with Crippen LogP contribution in [0, 0.1) is 10.8 Å². The Balaban J connectivity index is 1.83. The van der Waals surface area contributed by atoms with Gasteiger partial charge in [-0.1, -0.05) is 20.8 Å². The van der Waals surface area contributed by atoms with Gasteiger partial charge in [0.1, 0.15) is 0 Å². The number of hydrogen-bond acceptors (Lipinski definition) is 3. The Bertz CT molecular complexity index is 297. The second-order valence-electron chi connectivity index (χ2n) is 6.96. The van der Waals surface area contributed by atoms with Crippen molar-refractivity contribution in [3.8, 4) is 0 Å². The molecule has 1 fully saturated rings. The summed E-state index contributed by atoms with van der Waals surface area (Å²) in [5, 5.41) is 3.54. The molecular weight excluding hydrogens is 210 g/mol. The maximum Gasteiger partial charge on any atom is 0.193 e. The van der Waals surface area contributed by atoms with E-state index in [-0.39, 0.29) is 0 Å². The zero-order chi connectivity index (χ0) is 12.5. The lowest BCUT2D eigenvalue weighted by atomic mass is 9.66. The average Bonchev–Trinajstić information content (AvgIpc) is 2.67. The Morgan fingerprint density at radius 1 is 1.18 bits per heavy atom. The highest BCUT2D eigenvalue weighted by Gasteiger charge is 2.35. The van der Waals surface area contributed by atoms with Gasteiger partial charge < -0.3 is 10.2 Å². The minimum atomic E-state index is 0.460. The van der Waals surface area contributed by atoms with E-state index in [2.05, 4.69) is 43.0 Å². The number of aliphatic imine (C=N–C) groups is 1. The van der Waals surface area contributed by atoms with Crippen LogP contribution < -0.4 is 5.32 Å². The first-order chi connectivity index (χ1) is 7.90. The van der Waals surface area contributed by atoms with Gasteiger partial charge >= 0.3 is 0 Å². The third-order valence-corrected chi connectivity index (χ3v) is 4.54. The van der Waals surface area contributed by atoms with Crippen LogP contribution >= 0.6 is 0 Å². The van der Waals surface area contributed by atoms with Crippen LogP contribution in [0.2, 0.25) is 0 Å². The van der Waals surface area contributed by atoms with Crippen molar-refractivity contribution in [1.29, 1.82) is 0 Å². The van der Waals surface area contributed by atoms with Crippen LogP contribution in [0.5, 0.6) is 0 Å². The van der Waals surface area contributed by atoms with Crippen LogP contribution in [0.1, 0.15) is 46.5 Å². The summed E-state index contributed by atoms with van der Waals surface area (Å²) >= 11 is 0. The molecule has 0 unspecified atom stereocenters. The SMILES string of the molecule is CN1CCN=C1NCC1(C)CCC(C)(C)CC1. The minimum absolute atomic E-state index is 0.460. The summed E-state index contributed by atoms with van der Waals surface area (Å²) in [6, 6.07) is 0. The quantitative estimate of drug-likeness (QED) is 0.799. The molecule has 98 valence electrons. The molecule has 0 radical (unpaired) electrons. The summed E-state index contributed by atoms with van der Waals surface area (Å²) in [4.78, 5) is 6.71. The molecule has 1 N–H and O–H groups in total. The van der Waals surface area contributed by atoms with Crippen molar-refractivity contribution in [3.05, 3.63) is 0 Å². The highest BCUT2D eigenvalue weighted by molar-refractivity contribution is 5.81. The summed E-state index contributed by atoms with van der Waals surface area (Å²) in [6.07, 6.45) is 5.38. The highest BCUT2D eigenvalue weighted by atomic mass is 15.3. The van der Waals surface area contributed by atoms with Crippen molar-refractivity contribution in [2.24, 2.45) is 15.8 Å². The number of nitrogens with one attached hydrogen (secondary N) is 1. The first-order valence-electron chi connectivity index (χ1n) is 6.90. The predicted octanol–water partition coefficient (Wildman–Crippen LogP) is 2.48. The van der Waals surface area contributed by atoms with Gasteiger partial charge in [0.05, 0.1) is 6.54 Å². The van der Waals surface area contributed by atoms with E-state index in [1.165, 1.54) is 25.7 Å². The van der Waals surface area contributed by atoms with Gasteiger partial charge in [-0.15, -0.1) is 0 Å². The number of likely N-dealkylation sites (N-methyl/N-ethyl adjacent to an activating group) is 1.